The van der Waals surface area contributed by atoms with Crippen molar-refractivity contribution >= 4 is 39.2 Å². The second-order valence-electron chi connectivity index (χ2n) is 7.01. The number of carbonyl (C=O) groups excluding carboxylic acids is 1. The fourth-order valence-corrected chi connectivity index (χ4v) is 4.17. The number of benzene rings is 3. The molecule has 0 amide bonds. The average molecular weight is 388 g/mol. The zero-order valence-electron chi connectivity index (χ0n) is 16.0. The van der Waals surface area contributed by atoms with Gasteiger partial charge in [-0.3, -0.25) is 14.2 Å². The summed E-state index contributed by atoms with van der Waals surface area (Å²) in [7, 11) is 1.70. The summed E-state index contributed by atoms with van der Waals surface area (Å²) < 4.78 is 1.53. The van der Waals surface area contributed by atoms with E-state index in [-0.39, 0.29) is 17.1 Å². The van der Waals surface area contributed by atoms with Crippen LogP contribution in [-0.2, 0) is 7.05 Å². The molecular weight excluding hydrogens is 368 g/mol. The Kier molecular flexibility index (Phi) is 4.77. The topological polar surface area (TPSA) is 52.0 Å². The first-order chi connectivity index (χ1) is 13.4. The Labute approximate surface area is 167 Å². The fraction of sp³-hybridized carbons (Fsp3) is 0.174. The van der Waals surface area contributed by atoms with Crippen molar-refractivity contribution in [1.82, 2.24) is 9.55 Å². The normalized spacial score (nSPS) is 11.2. The van der Waals surface area contributed by atoms with Crippen LogP contribution in [0, 0.1) is 13.8 Å². The van der Waals surface area contributed by atoms with E-state index in [1.165, 1.54) is 16.3 Å². The summed E-state index contributed by atoms with van der Waals surface area (Å²) in [6.45, 7) is 3.91. The van der Waals surface area contributed by atoms with Crippen LogP contribution in [0.25, 0.3) is 21.7 Å². The predicted molar refractivity (Wildman–Crippen MR) is 115 cm³/mol. The molecule has 0 bridgehead atoms. The Morgan fingerprint density at radius 1 is 1.04 bits per heavy atom. The molecule has 0 N–H and O–H groups in total. The lowest BCUT2D eigenvalue weighted by molar-refractivity contribution is 0.102. The minimum atomic E-state index is -0.0996. The van der Waals surface area contributed by atoms with Gasteiger partial charge in [0.05, 0.1) is 16.7 Å². The third-order valence-electron chi connectivity index (χ3n) is 4.93. The molecule has 3 aromatic carbocycles. The Balaban J connectivity index is 1.69. The molecule has 0 saturated carbocycles. The third kappa shape index (κ3) is 3.34. The molecule has 0 fully saturated rings. The zero-order chi connectivity index (χ0) is 19.8. The summed E-state index contributed by atoms with van der Waals surface area (Å²) in [6, 6.07) is 17.6. The summed E-state index contributed by atoms with van der Waals surface area (Å²) in [5, 5.41) is 3.19. The SMILES string of the molecule is Cc1ccc(C)c(C(=O)CSc2nc3cc4ccccc4cc3c(=O)n2C)c1. The highest BCUT2D eigenvalue weighted by atomic mass is 32.2. The quantitative estimate of drug-likeness (QED) is 0.220. The number of aromatic nitrogens is 2. The molecule has 4 nitrogen and oxygen atoms in total. The zero-order valence-corrected chi connectivity index (χ0v) is 16.8. The first kappa shape index (κ1) is 18.4. The van der Waals surface area contributed by atoms with Gasteiger partial charge in [0.2, 0.25) is 0 Å². The van der Waals surface area contributed by atoms with Crippen LogP contribution in [0.1, 0.15) is 21.5 Å². The molecule has 0 aliphatic heterocycles. The molecule has 4 rings (SSSR count). The Bertz CT molecular complexity index is 1290. The van der Waals surface area contributed by atoms with E-state index in [0.29, 0.717) is 16.1 Å². The van der Waals surface area contributed by atoms with E-state index in [0.717, 1.165) is 27.5 Å². The number of carbonyl (C=O) groups is 1. The molecule has 4 aromatic rings. The highest BCUT2D eigenvalue weighted by Gasteiger charge is 2.14. The molecule has 0 aliphatic carbocycles. The number of hydrogen-bond acceptors (Lipinski definition) is 4. The van der Waals surface area contributed by atoms with Crippen molar-refractivity contribution in [2.75, 3.05) is 5.75 Å². The maximum atomic E-state index is 12.8. The lowest BCUT2D eigenvalue weighted by Gasteiger charge is -2.10. The summed E-state index contributed by atoms with van der Waals surface area (Å²) in [6.07, 6.45) is 0. The summed E-state index contributed by atoms with van der Waals surface area (Å²) >= 11 is 1.30. The van der Waals surface area contributed by atoms with Crippen LogP contribution < -0.4 is 5.56 Å². The molecule has 0 saturated heterocycles. The Hall–Kier alpha value is -2.92. The monoisotopic (exact) mass is 388 g/mol. The van der Waals surface area contributed by atoms with E-state index >= 15 is 0 Å². The number of fused-ring (bicyclic) bond motifs is 2. The van der Waals surface area contributed by atoms with Gasteiger partial charge in [-0.15, -0.1) is 0 Å². The van der Waals surface area contributed by atoms with Crippen molar-refractivity contribution in [1.29, 1.82) is 0 Å². The number of thioether (sulfide) groups is 1. The maximum absolute atomic E-state index is 12.8. The molecule has 1 heterocycles. The van der Waals surface area contributed by atoms with Gasteiger partial charge in [0, 0.05) is 12.6 Å². The molecule has 5 heteroatoms. The van der Waals surface area contributed by atoms with Crippen LogP contribution in [0.15, 0.2) is 64.5 Å². The van der Waals surface area contributed by atoms with Gasteiger partial charge >= 0.3 is 0 Å². The Morgan fingerprint density at radius 3 is 2.50 bits per heavy atom. The molecule has 0 unspecified atom stereocenters. The Morgan fingerprint density at radius 2 is 1.75 bits per heavy atom. The van der Waals surface area contributed by atoms with E-state index in [4.69, 9.17) is 0 Å². The van der Waals surface area contributed by atoms with Crippen molar-refractivity contribution in [2.45, 2.75) is 19.0 Å². The van der Waals surface area contributed by atoms with Gasteiger partial charge in [-0.25, -0.2) is 4.98 Å². The summed E-state index contributed by atoms with van der Waals surface area (Å²) in [4.78, 5) is 30.2. The number of aryl methyl sites for hydroxylation is 2. The standard InChI is InChI=1S/C23H20N2O2S/c1-14-8-9-15(2)18(10-14)21(26)13-28-23-24-20-12-17-7-5-4-6-16(17)11-19(20)22(27)25(23)3/h4-12H,13H2,1-3H3. The smallest absolute Gasteiger partial charge is 0.261 e. The van der Waals surface area contributed by atoms with E-state index < -0.39 is 0 Å². The molecule has 0 spiro atoms. The van der Waals surface area contributed by atoms with Gasteiger partial charge in [-0.05, 0) is 48.4 Å². The van der Waals surface area contributed by atoms with Gasteiger partial charge < -0.3 is 0 Å². The van der Waals surface area contributed by atoms with Crippen molar-refractivity contribution in [2.24, 2.45) is 7.05 Å². The van der Waals surface area contributed by atoms with E-state index in [1.54, 1.807) is 7.05 Å². The van der Waals surface area contributed by atoms with E-state index in [1.807, 2.05) is 68.4 Å². The molecule has 0 radical (unpaired) electrons. The molecule has 28 heavy (non-hydrogen) atoms. The number of nitrogens with zero attached hydrogens (tertiary/aromatic N) is 2. The van der Waals surface area contributed by atoms with Crippen LogP contribution in [0.4, 0.5) is 0 Å². The fourth-order valence-electron chi connectivity index (χ4n) is 3.31. The summed E-state index contributed by atoms with van der Waals surface area (Å²) in [5.41, 5.74) is 3.30. The highest BCUT2D eigenvalue weighted by molar-refractivity contribution is 7.99. The largest absolute Gasteiger partial charge is 0.293 e. The number of rotatable bonds is 4. The van der Waals surface area contributed by atoms with Gasteiger partial charge in [0.1, 0.15) is 0 Å². The first-order valence-electron chi connectivity index (χ1n) is 9.07. The van der Waals surface area contributed by atoms with Gasteiger partial charge in [-0.1, -0.05) is 53.7 Å². The van der Waals surface area contributed by atoms with Crippen LogP contribution in [0.3, 0.4) is 0 Å². The molecule has 0 aliphatic rings. The maximum Gasteiger partial charge on any atom is 0.261 e. The second-order valence-corrected chi connectivity index (χ2v) is 7.95. The highest BCUT2D eigenvalue weighted by Crippen LogP contribution is 2.23. The average Bonchev–Trinajstić information content (AvgIpc) is 2.70. The van der Waals surface area contributed by atoms with Crippen molar-refractivity contribution < 1.29 is 4.79 Å². The lowest BCUT2D eigenvalue weighted by atomic mass is 10.0. The van der Waals surface area contributed by atoms with Crippen molar-refractivity contribution in [3.05, 3.63) is 81.6 Å². The van der Waals surface area contributed by atoms with Crippen molar-refractivity contribution in [3.8, 4) is 0 Å². The van der Waals surface area contributed by atoms with Gasteiger partial charge in [0.25, 0.3) is 5.56 Å². The molecule has 1 aromatic heterocycles. The summed E-state index contributed by atoms with van der Waals surface area (Å²) in [5.74, 6) is 0.281. The first-order valence-corrected chi connectivity index (χ1v) is 10.1. The predicted octanol–water partition coefficient (Wildman–Crippen LogP) is 4.68. The van der Waals surface area contributed by atoms with Crippen LogP contribution in [-0.4, -0.2) is 21.1 Å². The van der Waals surface area contributed by atoms with E-state index in [9.17, 15) is 9.59 Å². The second kappa shape index (κ2) is 7.24. The number of ketones is 1. The van der Waals surface area contributed by atoms with Gasteiger partial charge in [-0.2, -0.15) is 0 Å². The van der Waals surface area contributed by atoms with Crippen LogP contribution >= 0.6 is 11.8 Å². The van der Waals surface area contributed by atoms with Crippen LogP contribution in [0.5, 0.6) is 0 Å². The third-order valence-corrected chi connectivity index (χ3v) is 5.96. The molecular formula is C23H20N2O2S. The number of hydrogen-bond donors (Lipinski definition) is 0. The molecule has 140 valence electrons. The lowest BCUT2D eigenvalue weighted by Crippen LogP contribution is -2.20. The van der Waals surface area contributed by atoms with Gasteiger partial charge in [0.15, 0.2) is 10.9 Å². The minimum absolute atomic E-state index is 0.0408. The van der Waals surface area contributed by atoms with E-state index in [2.05, 4.69) is 4.98 Å². The van der Waals surface area contributed by atoms with Crippen molar-refractivity contribution in [3.63, 3.8) is 0 Å². The molecule has 0 atom stereocenters. The number of Topliss-reactive ketones (excluding diaryl/α,β-unsaturated/α-hetero) is 1. The van der Waals surface area contributed by atoms with Crippen LogP contribution in [0.2, 0.25) is 0 Å². The minimum Gasteiger partial charge on any atom is -0.293 e.